The normalized spacial score (nSPS) is 14.9. The largest absolute Gasteiger partial charge is 0.324 e. The maximum atomic E-state index is 12.4. The summed E-state index contributed by atoms with van der Waals surface area (Å²) < 4.78 is 0. The maximum Gasteiger partial charge on any atom is 0.245 e. The van der Waals surface area contributed by atoms with Gasteiger partial charge in [0.05, 0.1) is 0 Å². The molecule has 1 atom stereocenters. The monoisotopic (exact) mass is 333 g/mol. The van der Waals surface area contributed by atoms with Crippen LogP contribution in [-0.2, 0) is 4.79 Å². The van der Waals surface area contributed by atoms with Gasteiger partial charge in [-0.3, -0.25) is 9.89 Å². The Labute approximate surface area is 145 Å². The number of nitrogens with zero attached hydrogens (tertiary/aromatic N) is 2. The first-order chi connectivity index (χ1) is 12.2. The van der Waals surface area contributed by atoms with E-state index in [4.69, 9.17) is 5.73 Å². The third kappa shape index (κ3) is 3.44. The molecule has 25 heavy (non-hydrogen) atoms. The molecule has 6 nitrogen and oxygen atoms in total. The second-order valence-electron chi connectivity index (χ2n) is 6.28. The van der Waals surface area contributed by atoms with Gasteiger partial charge >= 0.3 is 0 Å². The fourth-order valence-corrected chi connectivity index (χ4v) is 2.71. The molecule has 1 aliphatic carbocycles. The van der Waals surface area contributed by atoms with E-state index in [1.807, 2.05) is 54.6 Å². The van der Waals surface area contributed by atoms with Gasteiger partial charge in [-0.05, 0) is 30.5 Å². The van der Waals surface area contributed by atoms with Crippen molar-refractivity contribution in [2.24, 2.45) is 5.73 Å². The van der Waals surface area contributed by atoms with Crippen molar-refractivity contribution >= 4 is 11.6 Å². The maximum absolute atomic E-state index is 12.4. The van der Waals surface area contributed by atoms with Crippen LogP contribution >= 0.6 is 0 Å². The van der Waals surface area contributed by atoms with Gasteiger partial charge in [0.1, 0.15) is 11.9 Å². The molecule has 4 rings (SSSR count). The van der Waals surface area contributed by atoms with Crippen molar-refractivity contribution in [3.05, 3.63) is 66.0 Å². The van der Waals surface area contributed by atoms with Gasteiger partial charge in [-0.2, -0.15) is 5.10 Å². The third-order valence-corrected chi connectivity index (χ3v) is 4.30. The minimum Gasteiger partial charge on any atom is -0.324 e. The standard InChI is InChI=1S/C19H19N5O/c20-16(12-5-2-1-3-6-12)19(25)21-15-8-4-7-14(11-15)18-22-17(23-24-18)13-9-10-13/h1-8,11,13,16H,9-10,20H2,(H,21,25)(H,22,23,24). The van der Waals surface area contributed by atoms with Crippen LogP contribution in [-0.4, -0.2) is 21.1 Å². The molecule has 0 radical (unpaired) electrons. The van der Waals surface area contributed by atoms with Gasteiger partial charge in [-0.25, -0.2) is 4.98 Å². The van der Waals surface area contributed by atoms with Crippen LogP contribution in [0.25, 0.3) is 11.4 Å². The quantitative estimate of drug-likeness (QED) is 0.668. The number of benzene rings is 2. The molecule has 4 N–H and O–H groups in total. The molecule has 1 unspecified atom stereocenters. The number of H-pyrrole nitrogens is 1. The van der Waals surface area contributed by atoms with Gasteiger partial charge < -0.3 is 11.1 Å². The first-order valence-corrected chi connectivity index (χ1v) is 8.35. The van der Waals surface area contributed by atoms with Crippen molar-refractivity contribution in [1.29, 1.82) is 0 Å². The lowest BCUT2D eigenvalue weighted by atomic mass is 10.1. The van der Waals surface area contributed by atoms with E-state index >= 15 is 0 Å². The van der Waals surface area contributed by atoms with Gasteiger partial charge in [0.25, 0.3) is 0 Å². The molecule has 6 heteroatoms. The van der Waals surface area contributed by atoms with Crippen LogP contribution in [0.15, 0.2) is 54.6 Å². The second-order valence-corrected chi connectivity index (χ2v) is 6.28. The number of hydrogen-bond donors (Lipinski definition) is 3. The fourth-order valence-electron chi connectivity index (χ4n) is 2.71. The molecule has 1 aliphatic rings. The number of aromatic nitrogens is 3. The first-order valence-electron chi connectivity index (χ1n) is 8.35. The highest BCUT2D eigenvalue weighted by Gasteiger charge is 2.27. The number of anilines is 1. The van der Waals surface area contributed by atoms with Crippen molar-refractivity contribution in [3.8, 4) is 11.4 Å². The van der Waals surface area contributed by atoms with E-state index in [2.05, 4.69) is 20.5 Å². The summed E-state index contributed by atoms with van der Waals surface area (Å²) in [5.41, 5.74) is 8.34. The van der Waals surface area contributed by atoms with Crippen molar-refractivity contribution < 1.29 is 4.79 Å². The van der Waals surface area contributed by atoms with Crippen molar-refractivity contribution in [1.82, 2.24) is 15.2 Å². The Morgan fingerprint density at radius 1 is 1.16 bits per heavy atom. The van der Waals surface area contributed by atoms with Gasteiger partial charge in [0.2, 0.25) is 5.91 Å². The second kappa shape index (κ2) is 6.49. The molecule has 1 amide bonds. The van der Waals surface area contributed by atoms with E-state index in [1.165, 1.54) is 12.8 Å². The molecule has 3 aromatic rings. The molecule has 2 aromatic carbocycles. The summed E-state index contributed by atoms with van der Waals surface area (Å²) in [5, 5.41) is 10.1. The summed E-state index contributed by atoms with van der Waals surface area (Å²) >= 11 is 0. The fraction of sp³-hybridized carbons (Fsp3) is 0.211. The minimum atomic E-state index is -0.713. The highest BCUT2D eigenvalue weighted by molar-refractivity contribution is 5.95. The Morgan fingerprint density at radius 2 is 1.96 bits per heavy atom. The Bertz CT molecular complexity index is 886. The number of carbonyl (C=O) groups is 1. The van der Waals surface area contributed by atoms with Gasteiger partial charge in [-0.1, -0.05) is 42.5 Å². The number of nitrogens with two attached hydrogens (primary N) is 1. The predicted molar refractivity (Wildman–Crippen MR) is 95.8 cm³/mol. The lowest BCUT2D eigenvalue weighted by Gasteiger charge is -2.13. The molecule has 1 fully saturated rings. The average molecular weight is 333 g/mol. The number of aromatic amines is 1. The van der Waals surface area contributed by atoms with Gasteiger partial charge in [0.15, 0.2) is 5.82 Å². The van der Waals surface area contributed by atoms with E-state index in [0.717, 1.165) is 17.0 Å². The molecule has 1 heterocycles. The van der Waals surface area contributed by atoms with Crippen molar-refractivity contribution in [2.75, 3.05) is 5.32 Å². The number of hydrogen-bond acceptors (Lipinski definition) is 4. The summed E-state index contributed by atoms with van der Waals surface area (Å²) in [6.07, 6.45) is 2.34. The Kier molecular flexibility index (Phi) is 4.03. The molecule has 0 spiro atoms. The highest BCUT2D eigenvalue weighted by Crippen LogP contribution is 2.38. The third-order valence-electron chi connectivity index (χ3n) is 4.30. The van der Waals surface area contributed by atoms with Crippen molar-refractivity contribution in [2.45, 2.75) is 24.8 Å². The zero-order chi connectivity index (χ0) is 17.2. The summed E-state index contributed by atoms with van der Waals surface area (Å²) in [5.74, 6) is 1.85. The molecule has 1 aromatic heterocycles. The van der Waals surface area contributed by atoms with E-state index in [1.54, 1.807) is 0 Å². The van der Waals surface area contributed by atoms with E-state index in [0.29, 0.717) is 17.4 Å². The summed E-state index contributed by atoms with van der Waals surface area (Å²) in [6.45, 7) is 0. The van der Waals surface area contributed by atoms with E-state index in [-0.39, 0.29) is 5.91 Å². The number of nitrogens with one attached hydrogen (secondary N) is 2. The van der Waals surface area contributed by atoms with Crippen LogP contribution in [0.4, 0.5) is 5.69 Å². The first kappa shape index (κ1) is 15.5. The molecule has 0 bridgehead atoms. The topological polar surface area (TPSA) is 96.7 Å². The van der Waals surface area contributed by atoms with Crippen LogP contribution in [0.5, 0.6) is 0 Å². The number of rotatable bonds is 5. The molecular weight excluding hydrogens is 314 g/mol. The lowest BCUT2D eigenvalue weighted by molar-refractivity contribution is -0.117. The Balaban J connectivity index is 1.50. The minimum absolute atomic E-state index is 0.253. The number of carbonyl (C=O) groups excluding carboxylic acids is 1. The molecule has 126 valence electrons. The molecule has 1 saturated carbocycles. The van der Waals surface area contributed by atoms with Crippen LogP contribution in [0.2, 0.25) is 0 Å². The van der Waals surface area contributed by atoms with E-state index in [9.17, 15) is 4.79 Å². The predicted octanol–water partition coefficient (Wildman–Crippen LogP) is 2.99. The molecule has 0 aliphatic heterocycles. The summed E-state index contributed by atoms with van der Waals surface area (Å²) in [7, 11) is 0. The average Bonchev–Trinajstić information content (AvgIpc) is 3.39. The Hall–Kier alpha value is -2.99. The number of amides is 1. The zero-order valence-corrected chi connectivity index (χ0v) is 13.6. The van der Waals surface area contributed by atoms with Crippen LogP contribution in [0.1, 0.15) is 36.2 Å². The summed E-state index contributed by atoms with van der Waals surface area (Å²) in [6, 6.07) is 16.1. The van der Waals surface area contributed by atoms with Gasteiger partial charge in [-0.15, -0.1) is 0 Å². The molecule has 0 saturated heterocycles. The lowest BCUT2D eigenvalue weighted by Crippen LogP contribution is -2.27. The van der Waals surface area contributed by atoms with Crippen molar-refractivity contribution in [3.63, 3.8) is 0 Å². The Morgan fingerprint density at radius 3 is 2.72 bits per heavy atom. The zero-order valence-electron chi connectivity index (χ0n) is 13.6. The SMILES string of the molecule is NC(C(=O)Nc1cccc(-c2n[nH]c(C3CC3)n2)c1)c1ccccc1. The van der Waals surface area contributed by atoms with Crippen LogP contribution < -0.4 is 11.1 Å². The smallest absolute Gasteiger partial charge is 0.245 e. The van der Waals surface area contributed by atoms with Crippen LogP contribution in [0, 0.1) is 0 Å². The molecular formula is C19H19N5O. The van der Waals surface area contributed by atoms with Crippen LogP contribution in [0.3, 0.4) is 0 Å². The summed E-state index contributed by atoms with van der Waals surface area (Å²) in [4.78, 5) is 16.9. The highest BCUT2D eigenvalue weighted by atomic mass is 16.2. The van der Waals surface area contributed by atoms with E-state index < -0.39 is 6.04 Å². The van der Waals surface area contributed by atoms with Gasteiger partial charge in [0, 0.05) is 17.2 Å².